The summed E-state index contributed by atoms with van der Waals surface area (Å²) in [6.07, 6.45) is 1.09. The molecule has 0 radical (unpaired) electrons. The van der Waals surface area contributed by atoms with E-state index in [0.717, 1.165) is 23.0 Å². The Kier molecular flexibility index (Phi) is 6.97. The van der Waals surface area contributed by atoms with Gasteiger partial charge in [-0.1, -0.05) is 70.3 Å². The first kappa shape index (κ1) is 16.3. The van der Waals surface area contributed by atoms with Crippen molar-refractivity contribution in [2.45, 2.75) is 76.3 Å². The topological polar surface area (TPSA) is 0 Å². The van der Waals surface area contributed by atoms with E-state index in [1.807, 2.05) is 0 Å². The standard InChI is InChI=1S/C14H27BrSi/c1-8-14(15)9-10-16(11(2)3,12(4)5)13(6)7/h11-14H,8H2,1-7H3. The molecule has 0 bridgehead atoms. The normalized spacial score (nSPS) is 14.2. The number of hydrogen-bond acceptors (Lipinski definition) is 0. The largest absolute Gasteiger partial charge is 0.146 e. The molecule has 1 atom stereocenters. The van der Waals surface area contributed by atoms with Crippen LogP contribution >= 0.6 is 15.9 Å². The van der Waals surface area contributed by atoms with E-state index in [2.05, 4.69) is 75.9 Å². The molecule has 0 saturated heterocycles. The van der Waals surface area contributed by atoms with Crippen LogP contribution in [0, 0.1) is 11.5 Å². The van der Waals surface area contributed by atoms with Crippen LogP contribution < -0.4 is 0 Å². The van der Waals surface area contributed by atoms with Crippen molar-refractivity contribution in [3.8, 4) is 11.5 Å². The first-order valence-corrected chi connectivity index (χ1v) is 9.60. The maximum atomic E-state index is 3.72. The summed E-state index contributed by atoms with van der Waals surface area (Å²) in [4.78, 5) is 0.371. The highest BCUT2D eigenvalue weighted by atomic mass is 79.9. The van der Waals surface area contributed by atoms with Crippen LogP contribution in [0.25, 0.3) is 0 Å². The lowest BCUT2D eigenvalue weighted by Crippen LogP contribution is -2.43. The Balaban J connectivity index is 5.26. The van der Waals surface area contributed by atoms with Gasteiger partial charge in [-0.2, -0.15) is 0 Å². The zero-order valence-electron chi connectivity index (χ0n) is 11.9. The highest BCUT2D eigenvalue weighted by molar-refractivity contribution is 9.09. The summed E-state index contributed by atoms with van der Waals surface area (Å²) in [5, 5.41) is 0. The molecule has 0 fully saturated rings. The average molecular weight is 303 g/mol. The van der Waals surface area contributed by atoms with E-state index in [-0.39, 0.29) is 0 Å². The molecule has 0 amide bonds. The van der Waals surface area contributed by atoms with Gasteiger partial charge in [0.15, 0.2) is 0 Å². The van der Waals surface area contributed by atoms with Crippen molar-refractivity contribution < 1.29 is 0 Å². The molecule has 0 aliphatic rings. The van der Waals surface area contributed by atoms with Crippen LogP contribution in [0.3, 0.4) is 0 Å². The third kappa shape index (κ3) is 3.63. The molecule has 0 nitrogen and oxygen atoms in total. The smallest absolute Gasteiger partial charge is 0.129 e. The third-order valence-electron chi connectivity index (χ3n) is 3.67. The Morgan fingerprint density at radius 1 is 0.938 bits per heavy atom. The summed E-state index contributed by atoms with van der Waals surface area (Å²) in [5.41, 5.74) is 5.92. The molecule has 1 unspecified atom stereocenters. The molecule has 94 valence electrons. The Morgan fingerprint density at radius 2 is 1.31 bits per heavy atom. The SMILES string of the molecule is CCC(Br)C#C[Si](C(C)C)(C(C)C)C(C)C. The van der Waals surface area contributed by atoms with E-state index >= 15 is 0 Å². The fourth-order valence-corrected chi connectivity index (χ4v) is 8.35. The lowest BCUT2D eigenvalue weighted by molar-refractivity contribution is 0.838. The second-order valence-electron chi connectivity index (χ2n) is 5.54. The van der Waals surface area contributed by atoms with Crippen molar-refractivity contribution in [3.05, 3.63) is 0 Å². The summed E-state index contributed by atoms with van der Waals surface area (Å²) in [6.45, 7) is 16.3. The fraction of sp³-hybridized carbons (Fsp3) is 0.857. The predicted molar refractivity (Wildman–Crippen MR) is 81.8 cm³/mol. The van der Waals surface area contributed by atoms with Crippen molar-refractivity contribution in [2.75, 3.05) is 0 Å². The van der Waals surface area contributed by atoms with Crippen LogP contribution in [0.15, 0.2) is 0 Å². The van der Waals surface area contributed by atoms with E-state index in [1.54, 1.807) is 0 Å². The highest BCUT2D eigenvalue weighted by Gasteiger charge is 2.41. The highest BCUT2D eigenvalue weighted by Crippen LogP contribution is 2.40. The van der Waals surface area contributed by atoms with Crippen LogP contribution in [-0.4, -0.2) is 12.9 Å². The molecular weight excluding hydrogens is 276 g/mol. The van der Waals surface area contributed by atoms with Gasteiger partial charge in [-0.25, -0.2) is 0 Å². The Morgan fingerprint density at radius 3 is 1.56 bits per heavy atom. The van der Waals surface area contributed by atoms with E-state index < -0.39 is 8.07 Å². The summed E-state index contributed by atoms with van der Waals surface area (Å²) in [6, 6.07) is 0. The van der Waals surface area contributed by atoms with Crippen molar-refractivity contribution in [1.82, 2.24) is 0 Å². The van der Waals surface area contributed by atoms with Gasteiger partial charge in [0.2, 0.25) is 0 Å². The van der Waals surface area contributed by atoms with Gasteiger partial charge in [0.25, 0.3) is 0 Å². The molecule has 0 aliphatic heterocycles. The quantitative estimate of drug-likeness (QED) is 0.371. The van der Waals surface area contributed by atoms with Crippen LogP contribution in [0.5, 0.6) is 0 Å². The summed E-state index contributed by atoms with van der Waals surface area (Å²) < 4.78 is 0. The summed E-state index contributed by atoms with van der Waals surface area (Å²) in [5.74, 6) is 3.45. The maximum Gasteiger partial charge on any atom is 0.146 e. The minimum Gasteiger partial charge on any atom is -0.129 e. The zero-order chi connectivity index (χ0) is 12.9. The molecule has 0 N–H and O–H groups in total. The minimum atomic E-state index is -1.50. The summed E-state index contributed by atoms with van der Waals surface area (Å²) >= 11 is 3.63. The van der Waals surface area contributed by atoms with E-state index in [1.165, 1.54) is 0 Å². The molecule has 0 aromatic rings. The van der Waals surface area contributed by atoms with Gasteiger partial charge in [-0.15, -0.1) is 5.54 Å². The molecule has 0 aromatic heterocycles. The van der Waals surface area contributed by atoms with Gasteiger partial charge in [0, 0.05) is 0 Å². The average Bonchev–Trinajstić information content (AvgIpc) is 2.16. The monoisotopic (exact) mass is 302 g/mol. The van der Waals surface area contributed by atoms with E-state index in [4.69, 9.17) is 0 Å². The second kappa shape index (κ2) is 6.86. The van der Waals surface area contributed by atoms with Gasteiger partial charge < -0.3 is 0 Å². The lowest BCUT2D eigenvalue weighted by Gasteiger charge is -2.38. The first-order valence-electron chi connectivity index (χ1n) is 6.45. The lowest BCUT2D eigenvalue weighted by atomic mass is 10.4. The number of rotatable bonds is 4. The number of halogens is 1. The number of alkyl halides is 1. The molecule has 0 saturated carbocycles. The minimum absolute atomic E-state index is 0.371. The van der Waals surface area contributed by atoms with Crippen molar-refractivity contribution in [3.63, 3.8) is 0 Å². The van der Waals surface area contributed by atoms with Gasteiger partial charge in [0.05, 0.1) is 4.83 Å². The molecule has 0 spiro atoms. The maximum absolute atomic E-state index is 3.72. The molecule has 2 heteroatoms. The van der Waals surface area contributed by atoms with Gasteiger partial charge in [0.1, 0.15) is 8.07 Å². The van der Waals surface area contributed by atoms with Crippen LogP contribution in [-0.2, 0) is 0 Å². The van der Waals surface area contributed by atoms with Crippen LogP contribution in [0.2, 0.25) is 16.6 Å². The first-order chi connectivity index (χ1) is 7.28. The van der Waals surface area contributed by atoms with Crippen molar-refractivity contribution in [1.29, 1.82) is 0 Å². The van der Waals surface area contributed by atoms with Crippen LogP contribution in [0.4, 0.5) is 0 Å². The summed E-state index contributed by atoms with van der Waals surface area (Å²) in [7, 11) is -1.50. The van der Waals surface area contributed by atoms with E-state index in [9.17, 15) is 0 Å². The molecular formula is C14H27BrSi. The van der Waals surface area contributed by atoms with Crippen molar-refractivity contribution in [2.24, 2.45) is 0 Å². The molecule has 0 aromatic carbocycles. The van der Waals surface area contributed by atoms with Gasteiger partial charge in [-0.3, -0.25) is 0 Å². The third-order valence-corrected chi connectivity index (χ3v) is 10.9. The van der Waals surface area contributed by atoms with Crippen LogP contribution in [0.1, 0.15) is 54.9 Å². The Hall–Kier alpha value is 0.257. The molecule has 0 rings (SSSR count). The predicted octanol–water partition coefficient (Wildman–Crippen LogP) is 5.38. The van der Waals surface area contributed by atoms with Gasteiger partial charge >= 0.3 is 0 Å². The molecule has 0 heterocycles. The zero-order valence-corrected chi connectivity index (χ0v) is 14.5. The fourth-order valence-electron chi connectivity index (χ4n) is 2.74. The molecule has 16 heavy (non-hydrogen) atoms. The Labute approximate surface area is 112 Å². The number of hydrogen-bond donors (Lipinski definition) is 0. The van der Waals surface area contributed by atoms with Gasteiger partial charge in [-0.05, 0) is 23.0 Å². The second-order valence-corrected chi connectivity index (χ2v) is 12.2. The van der Waals surface area contributed by atoms with Crippen molar-refractivity contribution >= 4 is 24.0 Å². The van der Waals surface area contributed by atoms with E-state index in [0.29, 0.717) is 4.83 Å². The molecule has 0 aliphatic carbocycles. The Bertz CT molecular complexity index is 236.